The minimum absolute atomic E-state index is 0.158. The van der Waals surface area contributed by atoms with Gasteiger partial charge in [-0.1, -0.05) is 75.5 Å². The average molecular weight is 395 g/mol. The Morgan fingerprint density at radius 2 is 1.46 bits per heavy atom. The van der Waals surface area contributed by atoms with E-state index in [2.05, 4.69) is 37.8 Å². The van der Waals surface area contributed by atoms with E-state index in [1.807, 2.05) is 6.92 Å². The van der Waals surface area contributed by atoms with Crippen molar-refractivity contribution >= 4 is 5.97 Å². The minimum Gasteiger partial charge on any atom is -0.463 e. The van der Waals surface area contributed by atoms with E-state index in [1.54, 1.807) is 0 Å². The fraction of sp³-hybridized carbons (Fsp3) is 0.708. The Labute approximate surface area is 172 Å². The zero-order valence-corrected chi connectivity index (χ0v) is 18.3. The molecule has 4 heteroatoms. The van der Waals surface area contributed by atoms with Crippen molar-refractivity contribution < 1.29 is 19.3 Å². The molecule has 0 radical (unpaired) electrons. The lowest BCUT2D eigenvalue weighted by atomic mass is 10.1. The summed E-state index contributed by atoms with van der Waals surface area (Å²) in [5.41, 5.74) is 0.887. The standard InChI is InChI=1S/C24H42O4/c1-4-5-6-7-8-9-10-11-12-13-14-15-16-17-18-19-24(25)26-20-21-27-28-22-23(2)3/h8-9,11-12H,2,4-7,10,13-22H2,1,3H3/b9-8+,12-11+. The van der Waals surface area contributed by atoms with Crippen LogP contribution in [0.2, 0.25) is 0 Å². The van der Waals surface area contributed by atoms with E-state index in [9.17, 15) is 4.79 Å². The maximum atomic E-state index is 11.6. The molecule has 28 heavy (non-hydrogen) atoms. The number of hydrogen-bond donors (Lipinski definition) is 0. The highest BCUT2D eigenvalue weighted by atomic mass is 17.2. The summed E-state index contributed by atoms with van der Waals surface area (Å²) in [4.78, 5) is 21.3. The lowest BCUT2D eigenvalue weighted by Gasteiger charge is -2.06. The monoisotopic (exact) mass is 394 g/mol. The molecule has 0 saturated heterocycles. The van der Waals surface area contributed by atoms with Crippen molar-refractivity contribution in [2.45, 2.75) is 90.9 Å². The molecule has 0 rings (SSSR count). The van der Waals surface area contributed by atoms with Crippen LogP contribution in [-0.2, 0) is 19.3 Å². The van der Waals surface area contributed by atoms with Crippen LogP contribution in [-0.4, -0.2) is 25.8 Å². The zero-order valence-electron chi connectivity index (χ0n) is 18.3. The molecule has 162 valence electrons. The van der Waals surface area contributed by atoms with Gasteiger partial charge in [-0.2, -0.15) is 0 Å². The molecule has 0 heterocycles. The Bertz CT molecular complexity index is 426. The zero-order chi connectivity index (χ0) is 20.7. The van der Waals surface area contributed by atoms with Crippen LogP contribution < -0.4 is 0 Å². The molecular weight excluding hydrogens is 352 g/mol. The molecule has 0 aromatic rings. The third kappa shape index (κ3) is 22.7. The van der Waals surface area contributed by atoms with E-state index in [1.165, 1.54) is 44.9 Å². The number of esters is 1. The van der Waals surface area contributed by atoms with Gasteiger partial charge >= 0.3 is 5.97 Å². The van der Waals surface area contributed by atoms with E-state index >= 15 is 0 Å². The largest absolute Gasteiger partial charge is 0.463 e. The van der Waals surface area contributed by atoms with E-state index in [0.717, 1.165) is 31.3 Å². The minimum atomic E-state index is -0.158. The summed E-state index contributed by atoms with van der Waals surface area (Å²) in [5.74, 6) is -0.158. The molecule has 0 spiro atoms. The van der Waals surface area contributed by atoms with Gasteiger partial charge in [0, 0.05) is 6.42 Å². The fourth-order valence-electron chi connectivity index (χ4n) is 2.54. The van der Waals surface area contributed by atoms with E-state index in [0.29, 0.717) is 13.0 Å². The Hall–Kier alpha value is -1.39. The van der Waals surface area contributed by atoms with Crippen LogP contribution in [0.3, 0.4) is 0 Å². The summed E-state index contributed by atoms with van der Waals surface area (Å²) in [5, 5.41) is 0. The molecule has 0 aromatic carbocycles. The molecule has 0 saturated carbocycles. The summed E-state index contributed by atoms with van der Waals surface area (Å²) in [6.45, 7) is 8.63. The Morgan fingerprint density at radius 3 is 2.14 bits per heavy atom. The van der Waals surface area contributed by atoms with Gasteiger partial charge in [0.15, 0.2) is 0 Å². The van der Waals surface area contributed by atoms with Crippen molar-refractivity contribution in [1.29, 1.82) is 0 Å². The topological polar surface area (TPSA) is 44.8 Å². The highest BCUT2D eigenvalue weighted by Crippen LogP contribution is 2.08. The second-order valence-corrected chi connectivity index (χ2v) is 7.24. The molecule has 0 amide bonds. The molecule has 0 aliphatic rings. The molecular formula is C24H42O4. The molecule has 0 aliphatic carbocycles. The first kappa shape index (κ1) is 26.6. The highest BCUT2D eigenvalue weighted by Gasteiger charge is 2.02. The molecule has 0 aromatic heterocycles. The number of ether oxygens (including phenoxy) is 1. The number of carbonyl (C=O) groups is 1. The van der Waals surface area contributed by atoms with Crippen molar-refractivity contribution in [3.8, 4) is 0 Å². The van der Waals surface area contributed by atoms with Crippen molar-refractivity contribution in [3.05, 3.63) is 36.5 Å². The predicted octanol–water partition coefficient (Wildman–Crippen LogP) is 6.87. The van der Waals surface area contributed by atoms with Gasteiger partial charge in [0.05, 0.1) is 0 Å². The van der Waals surface area contributed by atoms with Crippen LogP contribution in [0, 0.1) is 0 Å². The number of carbonyl (C=O) groups excluding carboxylic acids is 1. The maximum absolute atomic E-state index is 11.6. The van der Waals surface area contributed by atoms with Crippen LogP contribution in [0.1, 0.15) is 90.9 Å². The van der Waals surface area contributed by atoms with Crippen LogP contribution in [0.25, 0.3) is 0 Å². The molecule has 0 unspecified atom stereocenters. The van der Waals surface area contributed by atoms with E-state index < -0.39 is 0 Å². The molecule has 0 N–H and O–H groups in total. The highest BCUT2D eigenvalue weighted by molar-refractivity contribution is 5.69. The summed E-state index contributed by atoms with van der Waals surface area (Å²) in [7, 11) is 0. The average Bonchev–Trinajstić information content (AvgIpc) is 2.67. The van der Waals surface area contributed by atoms with Crippen molar-refractivity contribution in [1.82, 2.24) is 0 Å². The third-order valence-corrected chi connectivity index (χ3v) is 4.15. The normalized spacial score (nSPS) is 11.5. The first-order valence-corrected chi connectivity index (χ1v) is 11.0. The second kappa shape index (κ2) is 21.9. The van der Waals surface area contributed by atoms with Gasteiger partial charge in [-0.15, -0.1) is 0 Å². The molecule has 0 fully saturated rings. The van der Waals surface area contributed by atoms with Gasteiger partial charge in [0.1, 0.15) is 19.8 Å². The lowest BCUT2D eigenvalue weighted by Crippen LogP contribution is -2.11. The summed E-state index contributed by atoms with van der Waals surface area (Å²) < 4.78 is 5.09. The van der Waals surface area contributed by atoms with Crippen LogP contribution in [0.4, 0.5) is 0 Å². The summed E-state index contributed by atoms with van der Waals surface area (Å²) in [6.07, 6.45) is 22.6. The van der Waals surface area contributed by atoms with Gasteiger partial charge in [0.25, 0.3) is 0 Å². The van der Waals surface area contributed by atoms with Gasteiger partial charge in [-0.05, 0) is 45.4 Å². The number of allylic oxidation sites excluding steroid dienone is 4. The summed E-state index contributed by atoms with van der Waals surface area (Å²) >= 11 is 0. The quantitative estimate of drug-likeness (QED) is 0.0743. The molecule has 0 aliphatic heterocycles. The number of hydrogen-bond acceptors (Lipinski definition) is 4. The maximum Gasteiger partial charge on any atom is 0.305 e. The van der Waals surface area contributed by atoms with Gasteiger partial charge in [0.2, 0.25) is 0 Å². The summed E-state index contributed by atoms with van der Waals surface area (Å²) in [6, 6.07) is 0. The third-order valence-electron chi connectivity index (χ3n) is 4.15. The molecule has 0 atom stereocenters. The van der Waals surface area contributed by atoms with E-state index in [-0.39, 0.29) is 19.2 Å². The first-order chi connectivity index (χ1) is 13.7. The van der Waals surface area contributed by atoms with Gasteiger partial charge in [-0.3, -0.25) is 4.79 Å². The predicted molar refractivity (Wildman–Crippen MR) is 117 cm³/mol. The first-order valence-electron chi connectivity index (χ1n) is 11.0. The molecule has 4 nitrogen and oxygen atoms in total. The van der Waals surface area contributed by atoms with Crippen LogP contribution >= 0.6 is 0 Å². The number of rotatable bonds is 20. The Kier molecular flexibility index (Phi) is 20.8. The van der Waals surface area contributed by atoms with Gasteiger partial charge in [-0.25, -0.2) is 9.78 Å². The van der Waals surface area contributed by atoms with E-state index in [4.69, 9.17) is 14.5 Å². The lowest BCUT2D eigenvalue weighted by molar-refractivity contribution is -0.291. The van der Waals surface area contributed by atoms with Crippen molar-refractivity contribution in [3.63, 3.8) is 0 Å². The smallest absolute Gasteiger partial charge is 0.305 e. The molecule has 0 bridgehead atoms. The second-order valence-electron chi connectivity index (χ2n) is 7.24. The number of unbranched alkanes of at least 4 members (excludes halogenated alkanes) is 8. The van der Waals surface area contributed by atoms with Crippen LogP contribution in [0.5, 0.6) is 0 Å². The van der Waals surface area contributed by atoms with Gasteiger partial charge < -0.3 is 4.74 Å². The SMILES string of the molecule is C=C(C)COOCCOC(=O)CCCCCCC/C=C/C/C=C/CCCCC. The van der Waals surface area contributed by atoms with Crippen LogP contribution in [0.15, 0.2) is 36.5 Å². The van der Waals surface area contributed by atoms with Crippen molar-refractivity contribution in [2.24, 2.45) is 0 Å². The Morgan fingerprint density at radius 1 is 0.821 bits per heavy atom. The van der Waals surface area contributed by atoms with Crippen molar-refractivity contribution in [2.75, 3.05) is 19.8 Å². The Balaban J connectivity index is 3.28. The fourth-order valence-corrected chi connectivity index (χ4v) is 2.54.